The van der Waals surface area contributed by atoms with Crippen molar-refractivity contribution in [2.45, 2.75) is 25.4 Å². The summed E-state index contributed by atoms with van der Waals surface area (Å²) in [6.45, 7) is 1.16. The van der Waals surface area contributed by atoms with Crippen LogP contribution >= 0.6 is 0 Å². The SMILES string of the molecule is NCC(O)CS(=O)(=O)N1CCCCC1. The molecular formula is C8H18N2O3S. The number of sulfonamides is 1. The first-order valence-corrected chi connectivity index (χ1v) is 6.53. The lowest BCUT2D eigenvalue weighted by Crippen LogP contribution is -2.41. The van der Waals surface area contributed by atoms with Crippen molar-refractivity contribution in [3.8, 4) is 0 Å². The summed E-state index contributed by atoms with van der Waals surface area (Å²) in [5, 5.41) is 9.19. The van der Waals surface area contributed by atoms with Gasteiger partial charge in [0.25, 0.3) is 0 Å². The zero-order chi connectivity index (χ0) is 10.6. The Balaban J connectivity index is 2.54. The molecule has 14 heavy (non-hydrogen) atoms. The monoisotopic (exact) mass is 222 g/mol. The van der Waals surface area contributed by atoms with Crippen molar-refractivity contribution >= 4 is 10.0 Å². The van der Waals surface area contributed by atoms with E-state index in [1.807, 2.05) is 0 Å². The fourth-order valence-corrected chi connectivity index (χ4v) is 3.21. The van der Waals surface area contributed by atoms with Crippen LogP contribution in [-0.4, -0.2) is 49.3 Å². The minimum atomic E-state index is -3.29. The average molecular weight is 222 g/mol. The Hall–Kier alpha value is -0.170. The minimum absolute atomic E-state index is 0.00687. The molecule has 0 saturated carbocycles. The van der Waals surface area contributed by atoms with Crippen molar-refractivity contribution < 1.29 is 13.5 Å². The molecule has 1 heterocycles. The molecule has 0 aromatic rings. The van der Waals surface area contributed by atoms with Crippen molar-refractivity contribution in [1.29, 1.82) is 0 Å². The van der Waals surface area contributed by atoms with Crippen LogP contribution in [0.4, 0.5) is 0 Å². The molecular weight excluding hydrogens is 204 g/mol. The summed E-state index contributed by atoms with van der Waals surface area (Å²) in [6.07, 6.45) is 1.98. The second-order valence-electron chi connectivity index (χ2n) is 3.63. The maximum absolute atomic E-state index is 11.7. The molecule has 0 aliphatic carbocycles. The summed E-state index contributed by atoms with van der Waals surface area (Å²) in [6, 6.07) is 0. The fourth-order valence-electron chi connectivity index (χ4n) is 1.56. The van der Waals surface area contributed by atoms with Crippen LogP contribution in [0.25, 0.3) is 0 Å². The summed E-state index contributed by atoms with van der Waals surface area (Å²) in [5.41, 5.74) is 5.18. The summed E-state index contributed by atoms with van der Waals surface area (Å²) in [7, 11) is -3.29. The Morgan fingerprint density at radius 1 is 1.29 bits per heavy atom. The van der Waals surface area contributed by atoms with Crippen LogP contribution < -0.4 is 5.73 Å². The highest BCUT2D eigenvalue weighted by molar-refractivity contribution is 7.89. The van der Waals surface area contributed by atoms with Crippen LogP contribution in [0.1, 0.15) is 19.3 Å². The molecule has 3 N–H and O–H groups in total. The second kappa shape index (κ2) is 5.06. The van der Waals surface area contributed by atoms with Gasteiger partial charge in [-0.15, -0.1) is 0 Å². The normalized spacial score (nSPS) is 22.1. The maximum atomic E-state index is 11.7. The Labute approximate surface area is 84.9 Å². The fraction of sp³-hybridized carbons (Fsp3) is 1.00. The third-order valence-electron chi connectivity index (χ3n) is 2.38. The van der Waals surface area contributed by atoms with Gasteiger partial charge < -0.3 is 10.8 Å². The number of aliphatic hydroxyl groups excluding tert-OH is 1. The van der Waals surface area contributed by atoms with Crippen molar-refractivity contribution in [3.05, 3.63) is 0 Å². The largest absolute Gasteiger partial charge is 0.391 e. The smallest absolute Gasteiger partial charge is 0.216 e. The van der Waals surface area contributed by atoms with Crippen LogP contribution in [0.3, 0.4) is 0 Å². The van der Waals surface area contributed by atoms with Gasteiger partial charge in [-0.3, -0.25) is 0 Å². The summed E-state index contributed by atoms with van der Waals surface area (Å²) >= 11 is 0. The molecule has 1 atom stereocenters. The van der Waals surface area contributed by atoms with E-state index in [2.05, 4.69) is 0 Å². The topological polar surface area (TPSA) is 83.6 Å². The molecule has 0 spiro atoms. The zero-order valence-corrected chi connectivity index (χ0v) is 9.04. The number of nitrogens with two attached hydrogens (primary N) is 1. The van der Waals surface area contributed by atoms with E-state index in [9.17, 15) is 13.5 Å². The van der Waals surface area contributed by atoms with Crippen LogP contribution in [0.15, 0.2) is 0 Å². The summed E-state index contributed by atoms with van der Waals surface area (Å²) in [5.74, 6) is -0.247. The molecule has 1 unspecified atom stereocenters. The summed E-state index contributed by atoms with van der Waals surface area (Å²) < 4.78 is 24.8. The molecule has 1 rings (SSSR count). The van der Waals surface area contributed by atoms with Gasteiger partial charge in [-0.1, -0.05) is 6.42 Å². The highest BCUT2D eigenvalue weighted by Crippen LogP contribution is 2.13. The van der Waals surface area contributed by atoms with E-state index in [1.165, 1.54) is 4.31 Å². The Morgan fingerprint density at radius 2 is 1.86 bits per heavy atom. The van der Waals surface area contributed by atoms with E-state index in [0.717, 1.165) is 19.3 Å². The molecule has 1 fully saturated rings. The predicted molar refractivity (Wildman–Crippen MR) is 54.3 cm³/mol. The van der Waals surface area contributed by atoms with Crippen molar-refractivity contribution in [2.75, 3.05) is 25.4 Å². The van der Waals surface area contributed by atoms with Gasteiger partial charge >= 0.3 is 0 Å². The first-order valence-electron chi connectivity index (χ1n) is 4.92. The highest BCUT2D eigenvalue weighted by atomic mass is 32.2. The van der Waals surface area contributed by atoms with Gasteiger partial charge in [-0.25, -0.2) is 12.7 Å². The van der Waals surface area contributed by atoms with Gasteiger partial charge in [0.2, 0.25) is 10.0 Å². The number of aliphatic hydroxyl groups is 1. The number of nitrogens with zero attached hydrogens (tertiary/aromatic N) is 1. The van der Waals surface area contributed by atoms with Gasteiger partial charge in [0, 0.05) is 19.6 Å². The first kappa shape index (κ1) is 11.9. The molecule has 0 radical (unpaired) electrons. The van der Waals surface area contributed by atoms with Gasteiger partial charge in [0.1, 0.15) is 0 Å². The van der Waals surface area contributed by atoms with Gasteiger partial charge in [-0.05, 0) is 12.8 Å². The molecule has 0 aromatic carbocycles. The zero-order valence-electron chi connectivity index (χ0n) is 8.22. The number of rotatable bonds is 4. The van der Waals surface area contributed by atoms with Gasteiger partial charge in [-0.2, -0.15) is 0 Å². The second-order valence-corrected chi connectivity index (χ2v) is 5.64. The Morgan fingerprint density at radius 3 is 2.36 bits per heavy atom. The number of hydrogen-bond acceptors (Lipinski definition) is 4. The molecule has 1 aliphatic heterocycles. The number of piperidine rings is 1. The third-order valence-corrected chi connectivity index (χ3v) is 4.34. The van der Waals surface area contributed by atoms with Crippen LogP contribution in [0.5, 0.6) is 0 Å². The Kier molecular flexibility index (Phi) is 4.31. The molecule has 1 aliphatic rings. The molecule has 6 heteroatoms. The molecule has 5 nitrogen and oxygen atoms in total. The maximum Gasteiger partial charge on any atom is 0.216 e. The molecule has 0 bridgehead atoms. The van der Waals surface area contributed by atoms with Crippen LogP contribution in [0.2, 0.25) is 0 Å². The molecule has 84 valence electrons. The predicted octanol–water partition coefficient (Wildman–Crippen LogP) is -0.878. The van der Waals surface area contributed by atoms with Crippen LogP contribution in [-0.2, 0) is 10.0 Å². The van der Waals surface area contributed by atoms with Crippen molar-refractivity contribution in [1.82, 2.24) is 4.31 Å². The lowest BCUT2D eigenvalue weighted by atomic mass is 10.2. The lowest BCUT2D eigenvalue weighted by Gasteiger charge is -2.26. The highest BCUT2D eigenvalue weighted by Gasteiger charge is 2.25. The lowest BCUT2D eigenvalue weighted by molar-refractivity contribution is 0.202. The van der Waals surface area contributed by atoms with E-state index in [-0.39, 0.29) is 12.3 Å². The van der Waals surface area contributed by atoms with Crippen molar-refractivity contribution in [2.24, 2.45) is 5.73 Å². The van der Waals surface area contributed by atoms with Gasteiger partial charge in [0.15, 0.2) is 0 Å². The Bertz CT molecular complexity index is 260. The van der Waals surface area contributed by atoms with E-state index in [0.29, 0.717) is 13.1 Å². The molecule has 0 aromatic heterocycles. The van der Waals surface area contributed by atoms with Crippen LogP contribution in [0, 0.1) is 0 Å². The summed E-state index contributed by atoms with van der Waals surface area (Å²) in [4.78, 5) is 0. The number of hydrogen-bond donors (Lipinski definition) is 2. The minimum Gasteiger partial charge on any atom is -0.391 e. The van der Waals surface area contributed by atoms with Gasteiger partial charge in [0.05, 0.1) is 11.9 Å². The standard InChI is InChI=1S/C8H18N2O3S/c9-6-8(11)7-14(12,13)10-4-2-1-3-5-10/h8,11H,1-7,9H2. The van der Waals surface area contributed by atoms with E-state index >= 15 is 0 Å². The quantitative estimate of drug-likeness (QED) is 0.647. The van der Waals surface area contributed by atoms with E-state index in [1.54, 1.807) is 0 Å². The average Bonchev–Trinajstić information content (AvgIpc) is 2.18. The molecule has 1 saturated heterocycles. The van der Waals surface area contributed by atoms with E-state index in [4.69, 9.17) is 5.73 Å². The third kappa shape index (κ3) is 3.20. The van der Waals surface area contributed by atoms with E-state index < -0.39 is 16.1 Å². The van der Waals surface area contributed by atoms with Crippen molar-refractivity contribution in [3.63, 3.8) is 0 Å². The first-order chi connectivity index (χ1) is 6.56. The molecule has 0 amide bonds.